The largest absolute Gasteiger partial charge is 0.390 e. The molecule has 2 saturated heterocycles. The highest BCUT2D eigenvalue weighted by Gasteiger charge is 2.37. The predicted octanol–water partition coefficient (Wildman–Crippen LogP) is 1.51. The minimum Gasteiger partial charge on any atom is -0.316 e. The smallest absolute Gasteiger partial charge is 0.316 e. The maximum atomic E-state index is 12.0. The summed E-state index contributed by atoms with van der Waals surface area (Å²) < 4.78 is 35.9. The van der Waals surface area contributed by atoms with Crippen molar-refractivity contribution in [1.29, 1.82) is 0 Å². The zero-order valence-corrected chi connectivity index (χ0v) is 9.20. The second-order valence-electron chi connectivity index (χ2n) is 4.30. The standard InChI is InChI=1S/C9H15F3N2.ClH/c10-9(11,12)1-2-14-5-7-3-13-4-8(7)6-14;/h7-8,13H,1-6H2;1H/t7-,8+;. The van der Waals surface area contributed by atoms with E-state index in [9.17, 15) is 13.2 Å². The van der Waals surface area contributed by atoms with Gasteiger partial charge in [0.25, 0.3) is 0 Å². The number of fused-ring (bicyclic) bond motifs is 1. The Bertz CT molecular complexity index is 198. The molecule has 0 radical (unpaired) electrons. The Kier molecular flexibility index (Phi) is 4.26. The number of hydrogen-bond donors (Lipinski definition) is 1. The molecule has 2 aliphatic heterocycles. The van der Waals surface area contributed by atoms with Gasteiger partial charge in [-0.25, -0.2) is 0 Å². The summed E-state index contributed by atoms with van der Waals surface area (Å²) in [6.07, 6.45) is -4.67. The molecule has 15 heavy (non-hydrogen) atoms. The van der Waals surface area contributed by atoms with Gasteiger partial charge in [-0.1, -0.05) is 0 Å². The van der Waals surface area contributed by atoms with E-state index in [0.717, 1.165) is 26.2 Å². The third-order valence-corrected chi connectivity index (χ3v) is 3.18. The Morgan fingerprint density at radius 3 is 2.13 bits per heavy atom. The van der Waals surface area contributed by atoms with Gasteiger partial charge in [0.15, 0.2) is 0 Å². The van der Waals surface area contributed by atoms with E-state index in [-0.39, 0.29) is 19.0 Å². The second kappa shape index (κ2) is 4.89. The number of rotatable bonds is 2. The van der Waals surface area contributed by atoms with Gasteiger partial charge in [0.2, 0.25) is 0 Å². The molecule has 0 bridgehead atoms. The van der Waals surface area contributed by atoms with Crippen molar-refractivity contribution in [1.82, 2.24) is 10.2 Å². The molecule has 0 unspecified atom stereocenters. The molecular formula is C9H16ClF3N2. The summed E-state index contributed by atoms with van der Waals surface area (Å²) >= 11 is 0. The average molecular weight is 245 g/mol. The van der Waals surface area contributed by atoms with Crippen molar-refractivity contribution < 1.29 is 13.2 Å². The topological polar surface area (TPSA) is 15.3 Å². The van der Waals surface area contributed by atoms with E-state index in [1.54, 1.807) is 0 Å². The minimum absolute atomic E-state index is 0. The Morgan fingerprint density at radius 2 is 1.67 bits per heavy atom. The van der Waals surface area contributed by atoms with E-state index in [2.05, 4.69) is 5.32 Å². The molecular weight excluding hydrogens is 229 g/mol. The van der Waals surface area contributed by atoms with Crippen molar-refractivity contribution in [3.05, 3.63) is 0 Å². The van der Waals surface area contributed by atoms with Crippen LogP contribution >= 0.6 is 12.4 Å². The first kappa shape index (κ1) is 13.1. The van der Waals surface area contributed by atoms with Crippen molar-refractivity contribution in [2.45, 2.75) is 12.6 Å². The van der Waals surface area contributed by atoms with E-state index < -0.39 is 12.6 Å². The first-order valence-corrected chi connectivity index (χ1v) is 5.04. The van der Waals surface area contributed by atoms with Gasteiger partial charge in [0, 0.05) is 19.6 Å². The van der Waals surface area contributed by atoms with Gasteiger partial charge in [-0.2, -0.15) is 13.2 Å². The van der Waals surface area contributed by atoms with Gasteiger partial charge < -0.3 is 10.2 Å². The Labute approximate surface area is 93.6 Å². The van der Waals surface area contributed by atoms with E-state index in [4.69, 9.17) is 0 Å². The highest BCUT2D eigenvalue weighted by atomic mass is 35.5. The average Bonchev–Trinajstić information content (AvgIpc) is 2.56. The predicted molar refractivity (Wildman–Crippen MR) is 54.2 cm³/mol. The van der Waals surface area contributed by atoms with Gasteiger partial charge in [0.05, 0.1) is 6.42 Å². The Balaban J connectivity index is 0.00000112. The van der Waals surface area contributed by atoms with Crippen LogP contribution in [0.2, 0.25) is 0 Å². The summed E-state index contributed by atoms with van der Waals surface area (Å²) in [6.45, 7) is 3.82. The van der Waals surface area contributed by atoms with Crippen LogP contribution in [0.1, 0.15) is 6.42 Å². The molecule has 2 fully saturated rings. The third-order valence-electron chi connectivity index (χ3n) is 3.18. The Morgan fingerprint density at radius 1 is 1.13 bits per heavy atom. The highest BCUT2D eigenvalue weighted by Crippen LogP contribution is 2.28. The number of hydrogen-bond acceptors (Lipinski definition) is 2. The molecule has 6 heteroatoms. The highest BCUT2D eigenvalue weighted by molar-refractivity contribution is 5.85. The minimum atomic E-state index is -4.00. The number of nitrogens with one attached hydrogen (secondary N) is 1. The summed E-state index contributed by atoms with van der Waals surface area (Å²) in [6, 6.07) is 0. The zero-order chi connectivity index (χ0) is 10.2. The number of halogens is 4. The first-order chi connectivity index (χ1) is 6.54. The fourth-order valence-corrected chi connectivity index (χ4v) is 2.42. The van der Waals surface area contributed by atoms with Crippen LogP contribution in [0.5, 0.6) is 0 Å². The first-order valence-electron chi connectivity index (χ1n) is 5.04. The zero-order valence-electron chi connectivity index (χ0n) is 8.39. The Hall–Kier alpha value is -0.0000000000000000416. The molecule has 2 rings (SSSR count). The molecule has 2 aliphatic rings. The summed E-state index contributed by atoms with van der Waals surface area (Å²) in [5, 5.41) is 3.27. The molecule has 0 spiro atoms. The summed E-state index contributed by atoms with van der Waals surface area (Å²) in [5.74, 6) is 1.17. The van der Waals surface area contributed by atoms with Crippen molar-refractivity contribution >= 4 is 12.4 Å². The van der Waals surface area contributed by atoms with Crippen LogP contribution in [0.25, 0.3) is 0 Å². The van der Waals surface area contributed by atoms with Crippen LogP contribution in [0, 0.1) is 11.8 Å². The fraction of sp³-hybridized carbons (Fsp3) is 1.00. The van der Waals surface area contributed by atoms with Crippen LogP contribution in [0.15, 0.2) is 0 Å². The number of nitrogens with zero attached hydrogens (tertiary/aromatic N) is 1. The molecule has 2 atom stereocenters. The van der Waals surface area contributed by atoms with Crippen LogP contribution < -0.4 is 5.32 Å². The van der Waals surface area contributed by atoms with Crippen LogP contribution in [-0.4, -0.2) is 43.8 Å². The van der Waals surface area contributed by atoms with Crippen LogP contribution in [0.4, 0.5) is 13.2 Å². The molecule has 1 N–H and O–H groups in total. The fourth-order valence-electron chi connectivity index (χ4n) is 2.42. The number of likely N-dealkylation sites (tertiary alicyclic amines) is 1. The molecule has 0 aromatic heterocycles. The summed E-state index contributed by atoms with van der Waals surface area (Å²) in [4.78, 5) is 1.95. The lowest BCUT2D eigenvalue weighted by atomic mass is 10.0. The van der Waals surface area contributed by atoms with Gasteiger partial charge in [-0.05, 0) is 24.9 Å². The maximum Gasteiger partial charge on any atom is 0.390 e. The van der Waals surface area contributed by atoms with Gasteiger partial charge in [-0.3, -0.25) is 0 Å². The van der Waals surface area contributed by atoms with Gasteiger partial charge in [0.1, 0.15) is 0 Å². The van der Waals surface area contributed by atoms with Gasteiger partial charge >= 0.3 is 6.18 Å². The van der Waals surface area contributed by atoms with E-state index >= 15 is 0 Å². The van der Waals surface area contributed by atoms with E-state index in [0.29, 0.717) is 11.8 Å². The van der Waals surface area contributed by atoms with Crippen molar-refractivity contribution in [2.75, 3.05) is 32.7 Å². The molecule has 0 amide bonds. The van der Waals surface area contributed by atoms with Crippen LogP contribution in [-0.2, 0) is 0 Å². The molecule has 2 nitrogen and oxygen atoms in total. The molecule has 0 aromatic rings. The van der Waals surface area contributed by atoms with E-state index in [1.807, 2.05) is 4.90 Å². The SMILES string of the molecule is Cl.FC(F)(F)CCN1C[C@H]2CNC[C@H]2C1. The van der Waals surface area contributed by atoms with Crippen molar-refractivity contribution in [2.24, 2.45) is 11.8 Å². The summed E-state index contributed by atoms with van der Waals surface area (Å²) in [5.41, 5.74) is 0. The molecule has 0 saturated carbocycles. The number of alkyl halides is 3. The van der Waals surface area contributed by atoms with Crippen molar-refractivity contribution in [3.63, 3.8) is 0 Å². The quantitative estimate of drug-likeness (QED) is 0.792. The molecule has 0 aliphatic carbocycles. The second-order valence-corrected chi connectivity index (χ2v) is 4.30. The normalized spacial score (nSPS) is 31.4. The lowest BCUT2D eigenvalue weighted by Gasteiger charge is -2.17. The summed E-state index contributed by atoms with van der Waals surface area (Å²) in [7, 11) is 0. The molecule has 2 heterocycles. The maximum absolute atomic E-state index is 12.0. The van der Waals surface area contributed by atoms with Gasteiger partial charge in [-0.15, -0.1) is 12.4 Å². The monoisotopic (exact) mass is 244 g/mol. The van der Waals surface area contributed by atoms with Crippen LogP contribution in [0.3, 0.4) is 0 Å². The molecule has 90 valence electrons. The molecule has 0 aromatic carbocycles. The lowest BCUT2D eigenvalue weighted by Crippen LogP contribution is -2.29. The third kappa shape index (κ3) is 3.50. The lowest BCUT2D eigenvalue weighted by molar-refractivity contribution is -0.137. The van der Waals surface area contributed by atoms with E-state index in [1.165, 1.54) is 0 Å². The van der Waals surface area contributed by atoms with Crippen molar-refractivity contribution in [3.8, 4) is 0 Å².